The summed E-state index contributed by atoms with van der Waals surface area (Å²) in [7, 11) is -4.26. The van der Waals surface area contributed by atoms with Gasteiger partial charge in [-0.25, -0.2) is 15.0 Å². The minimum atomic E-state index is -4.26. The van der Waals surface area contributed by atoms with Gasteiger partial charge in [0.2, 0.25) is 0 Å². The molecule has 2 aromatic rings. The Labute approximate surface area is 84.2 Å². The van der Waals surface area contributed by atoms with E-state index >= 15 is 0 Å². The van der Waals surface area contributed by atoms with Crippen LogP contribution < -0.4 is 0 Å². The van der Waals surface area contributed by atoms with Gasteiger partial charge in [-0.1, -0.05) is 0 Å². The molecule has 0 aliphatic carbocycles. The Bertz CT molecular complexity index is 547. The lowest BCUT2D eigenvalue weighted by Crippen LogP contribution is -2.01. The third-order valence-electron chi connectivity index (χ3n) is 1.55. The van der Waals surface area contributed by atoms with E-state index in [9.17, 15) is 8.42 Å². The molecule has 8 nitrogen and oxygen atoms in total. The Hall–Kier alpha value is -1.87. The second-order valence-corrected chi connectivity index (χ2v) is 3.97. The first-order valence-electron chi connectivity index (χ1n) is 3.72. The zero-order valence-electron chi connectivity index (χ0n) is 7.19. The SMILES string of the molecule is O=S(=O)(O)c1cnc(-c2ncn[nH]2)nc1. The van der Waals surface area contributed by atoms with Crippen molar-refractivity contribution in [3.8, 4) is 11.6 Å². The van der Waals surface area contributed by atoms with Crippen molar-refractivity contribution in [1.82, 2.24) is 25.1 Å². The first kappa shape index (κ1) is 9.68. The monoisotopic (exact) mass is 227 g/mol. The Morgan fingerprint density at radius 2 is 1.87 bits per heavy atom. The van der Waals surface area contributed by atoms with E-state index in [0.29, 0.717) is 5.82 Å². The fourth-order valence-electron chi connectivity index (χ4n) is 0.885. The maximum absolute atomic E-state index is 10.7. The number of aromatic nitrogens is 5. The molecule has 0 aliphatic rings. The number of hydrogen-bond donors (Lipinski definition) is 2. The van der Waals surface area contributed by atoms with Crippen LogP contribution in [0.25, 0.3) is 11.6 Å². The standard InChI is InChI=1S/C6H5N5O3S/c12-15(13,14)4-1-7-5(8-2-4)6-9-3-10-11-6/h1-3H,(H,9,10,11)(H,12,13,14). The third kappa shape index (κ3) is 1.97. The summed E-state index contributed by atoms with van der Waals surface area (Å²) >= 11 is 0. The molecule has 0 saturated heterocycles. The molecule has 0 spiro atoms. The van der Waals surface area contributed by atoms with Crippen molar-refractivity contribution in [2.24, 2.45) is 0 Å². The van der Waals surface area contributed by atoms with Gasteiger partial charge in [-0.15, -0.1) is 0 Å². The van der Waals surface area contributed by atoms with E-state index < -0.39 is 10.1 Å². The first-order valence-corrected chi connectivity index (χ1v) is 5.16. The topological polar surface area (TPSA) is 122 Å². The van der Waals surface area contributed by atoms with E-state index in [1.807, 2.05) is 0 Å². The van der Waals surface area contributed by atoms with Gasteiger partial charge in [0.15, 0.2) is 11.6 Å². The van der Waals surface area contributed by atoms with Crippen LogP contribution in [0.15, 0.2) is 23.6 Å². The van der Waals surface area contributed by atoms with Gasteiger partial charge in [0.25, 0.3) is 10.1 Å². The van der Waals surface area contributed by atoms with Crippen molar-refractivity contribution in [3.05, 3.63) is 18.7 Å². The molecular formula is C6H5N5O3S. The van der Waals surface area contributed by atoms with Crippen molar-refractivity contribution >= 4 is 10.1 Å². The van der Waals surface area contributed by atoms with Crippen molar-refractivity contribution < 1.29 is 13.0 Å². The Morgan fingerprint density at radius 1 is 1.20 bits per heavy atom. The van der Waals surface area contributed by atoms with E-state index in [2.05, 4.69) is 25.1 Å². The summed E-state index contributed by atoms with van der Waals surface area (Å²) in [4.78, 5) is 10.8. The Kier molecular flexibility index (Phi) is 2.17. The average molecular weight is 227 g/mol. The Morgan fingerprint density at radius 3 is 2.33 bits per heavy atom. The van der Waals surface area contributed by atoms with E-state index in [1.165, 1.54) is 6.33 Å². The highest BCUT2D eigenvalue weighted by Gasteiger charge is 2.11. The van der Waals surface area contributed by atoms with Gasteiger partial charge < -0.3 is 0 Å². The summed E-state index contributed by atoms with van der Waals surface area (Å²) in [6, 6.07) is 0. The number of H-pyrrole nitrogens is 1. The smallest absolute Gasteiger partial charge is 0.282 e. The molecular weight excluding hydrogens is 222 g/mol. The molecule has 2 aromatic heterocycles. The van der Waals surface area contributed by atoms with Crippen molar-refractivity contribution in [1.29, 1.82) is 0 Å². The summed E-state index contributed by atoms with van der Waals surface area (Å²) in [6.07, 6.45) is 3.25. The molecule has 0 saturated carbocycles. The van der Waals surface area contributed by atoms with Crippen LogP contribution in [-0.2, 0) is 10.1 Å². The summed E-state index contributed by atoms with van der Waals surface area (Å²) in [5.74, 6) is 0.511. The molecule has 9 heteroatoms. The van der Waals surface area contributed by atoms with Crippen LogP contribution in [0.2, 0.25) is 0 Å². The molecule has 2 N–H and O–H groups in total. The number of nitrogens with zero attached hydrogens (tertiary/aromatic N) is 4. The molecule has 2 rings (SSSR count). The molecule has 0 bridgehead atoms. The van der Waals surface area contributed by atoms with E-state index in [1.54, 1.807) is 0 Å². The summed E-state index contributed by atoms with van der Waals surface area (Å²) in [6.45, 7) is 0. The quantitative estimate of drug-likeness (QED) is 0.663. The van der Waals surface area contributed by atoms with Crippen molar-refractivity contribution in [3.63, 3.8) is 0 Å². The number of nitrogens with one attached hydrogen (secondary N) is 1. The average Bonchev–Trinajstić information content (AvgIpc) is 2.69. The van der Waals surface area contributed by atoms with Gasteiger partial charge in [-0.05, 0) is 0 Å². The third-order valence-corrected chi connectivity index (χ3v) is 2.36. The second-order valence-electron chi connectivity index (χ2n) is 2.55. The van der Waals surface area contributed by atoms with Gasteiger partial charge in [0, 0.05) is 0 Å². The maximum atomic E-state index is 10.7. The van der Waals surface area contributed by atoms with Crippen molar-refractivity contribution in [2.75, 3.05) is 0 Å². The zero-order chi connectivity index (χ0) is 10.9. The molecule has 0 unspecified atom stereocenters. The van der Waals surface area contributed by atoms with Crippen LogP contribution >= 0.6 is 0 Å². The molecule has 15 heavy (non-hydrogen) atoms. The van der Waals surface area contributed by atoms with Gasteiger partial charge >= 0.3 is 0 Å². The van der Waals surface area contributed by atoms with Gasteiger partial charge in [-0.3, -0.25) is 9.65 Å². The minimum absolute atomic E-state index is 0.194. The Balaban J connectivity index is 2.42. The lowest BCUT2D eigenvalue weighted by atomic mass is 10.5. The van der Waals surface area contributed by atoms with Crippen molar-refractivity contribution in [2.45, 2.75) is 4.90 Å². The lowest BCUT2D eigenvalue weighted by molar-refractivity contribution is 0.482. The molecule has 0 aliphatic heterocycles. The number of rotatable bonds is 2. The van der Waals surface area contributed by atoms with Crippen LogP contribution in [0.1, 0.15) is 0 Å². The van der Waals surface area contributed by atoms with E-state index in [0.717, 1.165) is 12.4 Å². The number of aromatic amines is 1. The minimum Gasteiger partial charge on any atom is -0.282 e. The molecule has 0 aromatic carbocycles. The highest BCUT2D eigenvalue weighted by molar-refractivity contribution is 7.85. The zero-order valence-corrected chi connectivity index (χ0v) is 8.01. The van der Waals surface area contributed by atoms with Crippen LogP contribution in [0.4, 0.5) is 0 Å². The maximum Gasteiger partial charge on any atom is 0.297 e. The van der Waals surface area contributed by atoms with Crippen LogP contribution in [0.5, 0.6) is 0 Å². The van der Waals surface area contributed by atoms with Gasteiger partial charge in [-0.2, -0.15) is 13.5 Å². The normalized spacial score (nSPS) is 11.5. The van der Waals surface area contributed by atoms with Crippen LogP contribution in [0.3, 0.4) is 0 Å². The summed E-state index contributed by atoms with van der Waals surface area (Å²) < 4.78 is 30.0. The van der Waals surface area contributed by atoms with Gasteiger partial charge in [0.05, 0.1) is 12.4 Å². The highest BCUT2D eigenvalue weighted by atomic mass is 32.2. The fraction of sp³-hybridized carbons (Fsp3) is 0. The van der Waals surface area contributed by atoms with E-state index in [-0.39, 0.29) is 10.7 Å². The lowest BCUT2D eigenvalue weighted by Gasteiger charge is -1.96. The van der Waals surface area contributed by atoms with E-state index in [4.69, 9.17) is 4.55 Å². The second kappa shape index (κ2) is 3.37. The fourth-order valence-corrected chi connectivity index (χ4v) is 1.26. The summed E-state index contributed by atoms with van der Waals surface area (Å²) in [5, 5.41) is 6.10. The molecule has 2 heterocycles. The predicted molar refractivity (Wildman–Crippen MR) is 47.2 cm³/mol. The first-order chi connectivity index (χ1) is 7.07. The molecule has 0 atom stereocenters. The predicted octanol–water partition coefficient (Wildman–Crippen LogP) is -0.492. The summed E-state index contributed by atoms with van der Waals surface area (Å²) in [5.41, 5.74) is 0. The number of hydrogen-bond acceptors (Lipinski definition) is 6. The molecule has 0 fully saturated rings. The molecule has 0 radical (unpaired) electrons. The largest absolute Gasteiger partial charge is 0.297 e. The highest BCUT2D eigenvalue weighted by Crippen LogP contribution is 2.09. The van der Waals surface area contributed by atoms with Crippen LogP contribution in [-0.4, -0.2) is 38.1 Å². The van der Waals surface area contributed by atoms with Crippen LogP contribution in [0, 0.1) is 0 Å². The molecule has 0 amide bonds. The van der Waals surface area contributed by atoms with Gasteiger partial charge in [0.1, 0.15) is 11.2 Å². The molecule has 78 valence electrons.